The third kappa shape index (κ3) is 5.40. The average Bonchev–Trinajstić information content (AvgIpc) is 3.10. The second-order valence-electron chi connectivity index (χ2n) is 8.54. The van der Waals surface area contributed by atoms with Gasteiger partial charge in [-0.2, -0.15) is 0 Å². The van der Waals surface area contributed by atoms with Crippen LogP contribution >= 0.6 is 11.3 Å². The van der Waals surface area contributed by atoms with Crippen LogP contribution in [0.4, 0.5) is 4.39 Å². The van der Waals surface area contributed by atoms with Gasteiger partial charge >= 0.3 is 0 Å². The minimum absolute atomic E-state index is 0.147. The Morgan fingerprint density at radius 1 is 1.14 bits per heavy atom. The molecule has 1 fully saturated rings. The molecule has 5 heteroatoms. The second-order valence-corrected chi connectivity index (χ2v) is 9.71. The Balaban J connectivity index is 1.17. The van der Waals surface area contributed by atoms with Crippen molar-refractivity contribution in [2.45, 2.75) is 51.5 Å². The number of fused-ring (bicyclic) bond motifs is 1. The summed E-state index contributed by atoms with van der Waals surface area (Å²) in [5.74, 6) is 0.647. The molecule has 0 atom stereocenters. The van der Waals surface area contributed by atoms with E-state index in [0.29, 0.717) is 0 Å². The summed E-state index contributed by atoms with van der Waals surface area (Å²) in [6, 6.07) is 6.95. The lowest BCUT2D eigenvalue weighted by Crippen LogP contribution is -2.38. The van der Waals surface area contributed by atoms with E-state index >= 15 is 0 Å². The van der Waals surface area contributed by atoms with Gasteiger partial charge in [-0.1, -0.05) is 12.1 Å². The van der Waals surface area contributed by atoms with Crippen LogP contribution in [0.15, 0.2) is 24.3 Å². The number of hydrogen-bond donors (Lipinski definition) is 0. The molecule has 152 valence electrons. The zero-order valence-corrected chi connectivity index (χ0v) is 17.8. The predicted molar refractivity (Wildman–Crippen MR) is 114 cm³/mol. The van der Waals surface area contributed by atoms with Crippen molar-refractivity contribution in [1.82, 2.24) is 14.8 Å². The monoisotopic (exact) mass is 401 g/mol. The van der Waals surface area contributed by atoms with Gasteiger partial charge < -0.3 is 4.90 Å². The number of rotatable bonds is 7. The van der Waals surface area contributed by atoms with Crippen molar-refractivity contribution in [2.75, 3.05) is 33.2 Å². The van der Waals surface area contributed by atoms with Gasteiger partial charge in [0.15, 0.2) is 0 Å². The van der Waals surface area contributed by atoms with E-state index in [1.807, 2.05) is 23.5 Å². The second kappa shape index (κ2) is 9.47. The Morgan fingerprint density at radius 3 is 2.64 bits per heavy atom. The summed E-state index contributed by atoms with van der Waals surface area (Å²) in [7, 11) is 2.25. The molecule has 0 spiro atoms. The van der Waals surface area contributed by atoms with Gasteiger partial charge in [-0.15, -0.1) is 11.3 Å². The van der Waals surface area contributed by atoms with Crippen LogP contribution in [0.25, 0.3) is 0 Å². The Bertz CT molecular complexity index is 726. The van der Waals surface area contributed by atoms with Crippen LogP contribution in [-0.2, 0) is 25.8 Å². The van der Waals surface area contributed by atoms with Crippen molar-refractivity contribution in [3.05, 3.63) is 51.2 Å². The first-order valence-corrected chi connectivity index (χ1v) is 11.6. The molecule has 0 N–H and O–H groups in total. The molecule has 0 unspecified atom stereocenters. The number of thiazole rings is 1. The first-order valence-electron chi connectivity index (χ1n) is 10.8. The zero-order valence-electron chi connectivity index (χ0n) is 17.0. The standard InChI is InChI=1S/C23H32FN3S/c1-26(17-23-25-21-4-2-3-5-22(21)28-23)16-19-11-14-27(15-12-19)13-10-18-6-8-20(24)9-7-18/h6-9,19H,2-5,10-17H2,1H3. The topological polar surface area (TPSA) is 19.4 Å². The van der Waals surface area contributed by atoms with Crippen LogP contribution in [0, 0.1) is 11.7 Å². The molecule has 28 heavy (non-hydrogen) atoms. The van der Waals surface area contributed by atoms with Gasteiger partial charge in [0.1, 0.15) is 10.8 Å². The van der Waals surface area contributed by atoms with Crippen molar-refractivity contribution in [3.63, 3.8) is 0 Å². The van der Waals surface area contributed by atoms with Gasteiger partial charge in [-0.25, -0.2) is 9.37 Å². The maximum absolute atomic E-state index is 13.0. The Kier molecular flexibility index (Phi) is 6.76. The molecule has 0 bridgehead atoms. The largest absolute Gasteiger partial charge is 0.303 e. The molecule has 1 aromatic carbocycles. The minimum atomic E-state index is -0.147. The lowest BCUT2D eigenvalue weighted by atomic mass is 9.96. The fraction of sp³-hybridized carbons (Fsp3) is 0.609. The number of nitrogens with zero attached hydrogens (tertiary/aromatic N) is 3. The minimum Gasteiger partial charge on any atom is -0.303 e. The molecule has 2 heterocycles. The number of aromatic nitrogens is 1. The van der Waals surface area contributed by atoms with Crippen LogP contribution in [0.5, 0.6) is 0 Å². The highest BCUT2D eigenvalue weighted by Crippen LogP contribution is 2.27. The summed E-state index contributed by atoms with van der Waals surface area (Å²) < 4.78 is 13.0. The van der Waals surface area contributed by atoms with Gasteiger partial charge in [-0.05, 0) is 88.7 Å². The molecule has 1 aromatic heterocycles. The Labute approximate surface area is 172 Å². The van der Waals surface area contributed by atoms with E-state index in [9.17, 15) is 4.39 Å². The van der Waals surface area contributed by atoms with Gasteiger partial charge in [-0.3, -0.25) is 4.90 Å². The summed E-state index contributed by atoms with van der Waals surface area (Å²) >= 11 is 1.95. The van der Waals surface area contributed by atoms with Crippen molar-refractivity contribution in [1.29, 1.82) is 0 Å². The number of hydrogen-bond acceptors (Lipinski definition) is 4. The van der Waals surface area contributed by atoms with Gasteiger partial charge in [0.2, 0.25) is 0 Å². The molecule has 0 radical (unpaired) electrons. The smallest absolute Gasteiger partial charge is 0.123 e. The van der Waals surface area contributed by atoms with Crippen LogP contribution in [0.2, 0.25) is 0 Å². The molecule has 0 saturated carbocycles. The molecule has 4 rings (SSSR count). The predicted octanol–water partition coefficient (Wildman–Crippen LogP) is 4.55. The highest BCUT2D eigenvalue weighted by atomic mass is 32.1. The van der Waals surface area contributed by atoms with Gasteiger partial charge in [0.05, 0.1) is 12.2 Å². The number of halogens is 1. The molecule has 0 amide bonds. The Hall–Kier alpha value is -1.30. The fourth-order valence-electron chi connectivity index (χ4n) is 4.54. The molecule has 2 aliphatic rings. The normalized spacial score (nSPS) is 18.5. The maximum atomic E-state index is 13.0. The Morgan fingerprint density at radius 2 is 1.89 bits per heavy atom. The third-order valence-electron chi connectivity index (χ3n) is 6.20. The SMILES string of the molecule is CN(Cc1nc2c(s1)CCCC2)CC1CCN(CCc2ccc(F)cc2)CC1. The average molecular weight is 402 g/mol. The molecular formula is C23H32FN3S. The molecular weight excluding hydrogens is 369 g/mol. The van der Waals surface area contributed by atoms with E-state index in [1.165, 1.54) is 74.4 Å². The van der Waals surface area contributed by atoms with Crippen molar-refractivity contribution >= 4 is 11.3 Å². The maximum Gasteiger partial charge on any atom is 0.123 e. The first-order chi connectivity index (χ1) is 13.7. The van der Waals surface area contributed by atoms with E-state index in [1.54, 1.807) is 17.0 Å². The molecule has 2 aromatic rings. The summed E-state index contributed by atoms with van der Waals surface area (Å²) in [6.07, 6.45) is 8.65. The first kappa shape index (κ1) is 20.0. The number of aryl methyl sites for hydroxylation is 2. The fourth-order valence-corrected chi connectivity index (χ4v) is 5.78. The summed E-state index contributed by atoms with van der Waals surface area (Å²) in [4.78, 5) is 11.5. The lowest BCUT2D eigenvalue weighted by Gasteiger charge is -2.33. The quantitative estimate of drug-likeness (QED) is 0.679. The molecule has 1 aliphatic heterocycles. The van der Waals surface area contributed by atoms with Crippen molar-refractivity contribution in [2.24, 2.45) is 5.92 Å². The third-order valence-corrected chi connectivity index (χ3v) is 7.34. The van der Waals surface area contributed by atoms with E-state index in [0.717, 1.165) is 25.4 Å². The summed E-state index contributed by atoms with van der Waals surface area (Å²) in [5.41, 5.74) is 2.61. The summed E-state index contributed by atoms with van der Waals surface area (Å²) in [5, 5.41) is 1.31. The number of benzene rings is 1. The van der Waals surface area contributed by atoms with Crippen LogP contribution < -0.4 is 0 Å². The van der Waals surface area contributed by atoms with Crippen LogP contribution in [0.3, 0.4) is 0 Å². The highest BCUT2D eigenvalue weighted by molar-refractivity contribution is 7.11. The van der Waals surface area contributed by atoms with Gasteiger partial charge in [0, 0.05) is 18.0 Å². The van der Waals surface area contributed by atoms with Crippen molar-refractivity contribution in [3.8, 4) is 0 Å². The van der Waals surface area contributed by atoms with E-state index in [4.69, 9.17) is 4.98 Å². The van der Waals surface area contributed by atoms with Crippen LogP contribution in [0.1, 0.15) is 46.8 Å². The van der Waals surface area contributed by atoms with E-state index < -0.39 is 0 Å². The van der Waals surface area contributed by atoms with Crippen LogP contribution in [-0.4, -0.2) is 48.0 Å². The van der Waals surface area contributed by atoms with E-state index in [2.05, 4.69) is 16.8 Å². The van der Waals surface area contributed by atoms with Gasteiger partial charge in [0.25, 0.3) is 0 Å². The molecule has 1 aliphatic carbocycles. The number of likely N-dealkylation sites (tertiary alicyclic amines) is 1. The zero-order chi connectivity index (χ0) is 19.3. The highest BCUT2D eigenvalue weighted by Gasteiger charge is 2.21. The molecule has 1 saturated heterocycles. The van der Waals surface area contributed by atoms with Crippen molar-refractivity contribution < 1.29 is 4.39 Å². The summed E-state index contributed by atoms with van der Waals surface area (Å²) in [6.45, 7) is 5.63. The number of piperidine rings is 1. The lowest BCUT2D eigenvalue weighted by molar-refractivity contribution is 0.153. The molecule has 3 nitrogen and oxygen atoms in total. The van der Waals surface area contributed by atoms with E-state index in [-0.39, 0.29) is 5.82 Å².